The third kappa shape index (κ3) is 2.79. The molecule has 21 heavy (non-hydrogen) atoms. The number of nitrogens with zero attached hydrogens (tertiary/aromatic N) is 5. The van der Waals surface area contributed by atoms with Gasteiger partial charge in [0.1, 0.15) is 0 Å². The number of hydrogen-bond donors (Lipinski definition) is 1. The first-order chi connectivity index (χ1) is 10.0. The summed E-state index contributed by atoms with van der Waals surface area (Å²) >= 11 is 0. The molecule has 1 saturated carbocycles. The Bertz CT molecular complexity index is 633. The smallest absolute Gasteiger partial charge is 0.226 e. The Labute approximate surface area is 124 Å². The van der Waals surface area contributed by atoms with E-state index in [9.17, 15) is 0 Å². The molecule has 0 unspecified atom stereocenters. The monoisotopic (exact) mass is 284 g/mol. The molecular formula is C15H20N6. The van der Waals surface area contributed by atoms with Gasteiger partial charge in [-0.1, -0.05) is 6.92 Å². The average molecular weight is 284 g/mol. The lowest BCUT2D eigenvalue weighted by Crippen LogP contribution is -2.42. The van der Waals surface area contributed by atoms with Crippen LogP contribution >= 0.6 is 0 Å². The molecule has 0 atom stereocenters. The third-order valence-electron chi connectivity index (χ3n) is 4.02. The maximum absolute atomic E-state index is 5.53. The van der Waals surface area contributed by atoms with Gasteiger partial charge in [-0.3, -0.25) is 0 Å². The van der Waals surface area contributed by atoms with Gasteiger partial charge in [-0.25, -0.2) is 19.9 Å². The quantitative estimate of drug-likeness (QED) is 0.929. The molecule has 6 heteroatoms. The Kier molecular flexibility index (Phi) is 3.45. The van der Waals surface area contributed by atoms with Crippen molar-refractivity contribution >= 4 is 11.9 Å². The lowest BCUT2D eigenvalue weighted by molar-refractivity contribution is 0.279. The molecule has 1 fully saturated rings. The normalized spacial score (nSPS) is 20.9. The van der Waals surface area contributed by atoms with Crippen LogP contribution in [0.2, 0.25) is 0 Å². The molecule has 0 aliphatic heterocycles. The van der Waals surface area contributed by atoms with Crippen molar-refractivity contribution in [2.24, 2.45) is 5.92 Å². The minimum atomic E-state index is 0.269. The molecule has 2 N–H and O–H groups in total. The number of nitrogen functional groups attached to an aromatic ring is 1. The summed E-state index contributed by atoms with van der Waals surface area (Å²) in [6, 6.07) is 2.48. The van der Waals surface area contributed by atoms with E-state index in [2.05, 4.69) is 38.8 Å². The number of hydrogen-bond acceptors (Lipinski definition) is 6. The number of nitrogens with two attached hydrogens (primary N) is 1. The van der Waals surface area contributed by atoms with Gasteiger partial charge in [-0.15, -0.1) is 0 Å². The molecule has 110 valence electrons. The summed E-state index contributed by atoms with van der Waals surface area (Å²) in [5, 5.41) is 0. The standard InChI is InChI=1S/C15H20N6/c1-9-4-12(5-9)21(3)15-19-10(2)6-13(20-15)11-7-17-14(16)18-8-11/h6-9,12H,4-5H2,1-3H3,(H2,16,17,18). The molecule has 1 aliphatic rings. The minimum Gasteiger partial charge on any atom is -0.368 e. The van der Waals surface area contributed by atoms with E-state index < -0.39 is 0 Å². The summed E-state index contributed by atoms with van der Waals surface area (Å²) in [5.74, 6) is 1.83. The van der Waals surface area contributed by atoms with E-state index in [0.29, 0.717) is 6.04 Å². The van der Waals surface area contributed by atoms with Gasteiger partial charge in [0.05, 0.1) is 5.69 Å². The molecule has 3 rings (SSSR count). The van der Waals surface area contributed by atoms with Gasteiger partial charge in [-0.05, 0) is 31.7 Å². The first-order valence-electron chi connectivity index (χ1n) is 7.19. The summed E-state index contributed by atoms with van der Waals surface area (Å²) in [6.45, 7) is 4.25. The molecule has 2 aromatic heterocycles. The van der Waals surface area contributed by atoms with Crippen molar-refractivity contribution < 1.29 is 0 Å². The van der Waals surface area contributed by atoms with Crippen molar-refractivity contribution in [3.8, 4) is 11.3 Å². The summed E-state index contributed by atoms with van der Waals surface area (Å²) in [4.78, 5) is 19.4. The lowest BCUT2D eigenvalue weighted by atomic mass is 9.81. The zero-order valence-corrected chi connectivity index (χ0v) is 12.6. The fourth-order valence-corrected chi connectivity index (χ4v) is 2.67. The van der Waals surface area contributed by atoms with Crippen LogP contribution < -0.4 is 10.6 Å². The highest BCUT2D eigenvalue weighted by Crippen LogP contribution is 2.32. The van der Waals surface area contributed by atoms with Crippen LogP contribution in [-0.2, 0) is 0 Å². The SMILES string of the molecule is Cc1cc(-c2cnc(N)nc2)nc(N(C)C2CC(C)C2)n1. The number of aromatic nitrogens is 4. The van der Waals surface area contributed by atoms with Crippen LogP contribution in [0.5, 0.6) is 0 Å². The highest BCUT2D eigenvalue weighted by Gasteiger charge is 2.30. The molecule has 0 aromatic carbocycles. The van der Waals surface area contributed by atoms with E-state index in [1.54, 1.807) is 12.4 Å². The van der Waals surface area contributed by atoms with E-state index in [-0.39, 0.29) is 5.95 Å². The largest absolute Gasteiger partial charge is 0.368 e. The van der Waals surface area contributed by atoms with Gasteiger partial charge in [0, 0.05) is 36.7 Å². The molecule has 0 spiro atoms. The van der Waals surface area contributed by atoms with E-state index in [0.717, 1.165) is 28.8 Å². The van der Waals surface area contributed by atoms with Crippen LogP contribution in [0.25, 0.3) is 11.3 Å². The summed E-state index contributed by atoms with van der Waals surface area (Å²) in [6.07, 6.45) is 5.79. The van der Waals surface area contributed by atoms with Crippen LogP contribution in [0.3, 0.4) is 0 Å². The first-order valence-corrected chi connectivity index (χ1v) is 7.19. The maximum Gasteiger partial charge on any atom is 0.226 e. The topological polar surface area (TPSA) is 80.8 Å². The van der Waals surface area contributed by atoms with Crippen LogP contribution in [0, 0.1) is 12.8 Å². The second kappa shape index (κ2) is 5.27. The van der Waals surface area contributed by atoms with Gasteiger partial charge in [0.15, 0.2) is 0 Å². The molecule has 6 nitrogen and oxygen atoms in total. The summed E-state index contributed by atoms with van der Waals surface area (Å²) in [5.41, 5.74) is 8.15. The zero-order chi connectivity index (χ0) is 15.0. The zero-order valence-electron chi connectivity index (χ0n) is 12.6. The van der Waals surface area contributed by atoms with Crippen molar-refractivity contribution in [1.82, 2.24) is 19.9 Å². The molecule has 0 radical (unpaired) electrons. The van der Waals surface area contributed by atoms with Gasteiger partial charge >= 0.3 is 0 Å². The maximum atomic E-state index is 5.53. The molecule has 2 aromatic rings. The van der Waals surface area contributed by atoms with E-state index in [1.165, 1.54) is 12.8 Å². The van der Waals surface area contributed by atoms with E-state index in [1.807, 2.05) is 13.0 Å². The summed E-state index contributed by atoms with van der Waals surface area (Å²) < 4.78 is 0. The van der Waals surface area contributed by atoms with Gasteiger partial charge in [0.25, 0.3) is 0 Å². The van der Waals surface area contributed by atoms with Crippen molar-refractivity contribution in [3.05, 3.63) is 24.2 Å². The van der Waals surface area contributed by atoms with E-state index in [4.69, 9.17) is 5.73 Å². The fourth-order valence-electron chi connectivity index (χ4n) is 2.67. The third-order valence-corrected chi connectivity index (χ3v) is 4.02. The van der Waals surface area contributed by atoms with Crippen LogP contribution in [-0.4, -0.2) is 33.0 Å². The highest BCUT2D eigenvalue weighted by molar-refractivity contribution is 5.59. The van der Waals surface area contributed by atoms with Crippen molar-refractivity contribution in [2.45, 2.75) is 32.7 Å². The second-order valence-corrected chi connectivity index (χ2v) is 5.87. The Morgan fingerprint density at radius 2 is 1.86 bits per heavy atom. The molecule has 0 saturated heterocycles. The van der Waals surface area contributed by atoms with Gasteiger partial charge in [-0.2, -0.15) is 0 Å². The average Bonchev–Trinajstić information content (AvgIpc) is 2.43. The Balaban J connectivity index is 1.90. The first kappa shape index (κ1) is 13.7. The van der Waals surface area contributed by atoms with Crippen molar-refractivity contribution in [1.29, 1.82) is 0 Å². The summed E-state index contributed by atoms with van der Waals surface area (Å²) in [7, 11) is 2.06. The van der Waals surface area contributed by atoms with Crippen LogP contribution in [0.4, 0.5) is 11.9 Å². The second-order valence-electron chi connectivity index (χ2n) is 5.87. The molecule has 0 amide bonds. The number of rotatable bonds is 3. The number of anilines is 2. The predicted octanol–water partition coefficient (Wildman–Crippen LogP) is 2.06. The highest BCUT2D eigenvalue weighted by atomic mass is 15.3. The lowest BCUT2D eigenvalue weighted by Gasteiger charge is -2.39. The Morgan fingerprint density at radius 1 is 1.19 bits per heavy atom. The Hall–Kier alpha value is -2.24. The van der Waals surface area contributed by atoms with Gasteiger partial charge in [0.2, 0.25) is 11.9 Å². The fraction of sp³-hybridized carbons (Fsp3) is 0.467. The van der Waals surface area contributed by atoms with E-state index >= 15 is 0 Å². The molecule has 0 bridgehead atoms. The Morgan fingerprint density at radius 3 is 2.48 bits per heavy atom. The van der Waals surface area contributed by atoms with Gasteiger partial charge < -0.3 is 10.6 Å². The van der Waals surface area contributed by atoms with Crippen LogP contribution in [0.15, 0.2) is 18.5 Å². The molecule has 2 heterocycles. The molecular weight excluding hydrogens is 264 g/mol. The predicted molar refractivity (Wildman–Crippen MR) is 82.8 cm³/mol. The minimum absolute atomic E-state index is 0.269. The van der Waals surface area contributed by atoms with Crippen molar-refractivity contribution in [2.75, 3.05) is 17.7 Å². The van der Waals surface area contributed by atoms with Crippen molar-refractivity contribution in [3.63, 3.8) is 0 Å². The number of aryl methyl sites for hydroxylation is 1. The molecule has 1 aliphatic carbocycles. The van der Waals surface area contributed by atoms with Crippen LogP contribution in [0.1, 0.15) is 25.5 Å².